The zero-order chi connectivity index (χ0) is 12.1. The van der Waals surface area contributed by atoms with Crippen LogP contribution in [-0.2, 0) is 0 Å². The van der Waals surface area contributed by atoms with Crippen LogP contribution in [0.4, 0.5) is 5.82 Å². The van der Waals surface area contributed by atoms with Crippen LogP contribution in [0.1, 0.15) is 23.0 Å². The summed E-state index contributed by atoms with van der Waals surface area (Å²) < 4.78 is 0. The summed E-state index contributed by atoms with van der Waals surface area (Å²) in [5.74, 6) is 2.29. The van der Waals surface area contributed by atoms with Gasteiger partial charge in [0.1, 0.15) is 5.82 Å². The molecule has 1 aromatic rings. The third-order valence-corrected chi connectivity index (χ3v) is 2.29. The zero-order valence-corrected chi connectivity index (χ0v) is 9.40. The molecule has 1 rings (SSSR count). The number of aryl methyl sites for hydroxylation is 1. The molecule has 84 valence electrons. The predicted octanol–water partition coefficient (Wildman–Crippen LogP) is 1.55. The van der Waals surface area contributed by atoms with Gasteiger partial charge in [0.2, 0.25) is 0 Å². The number of rotatable bonds is 4. The maximum Gasteiger partial charge on any atom is 0.337 e. The molecule has 0 aliphatic rings. The monoisotopic (exact) mass is 218 g/mol. The maximum atomic E-state index is 10.8. The van der Waals surface area contributed by atoms with Crippen LogP contribution >= 0.6 is 0 Å². The number of anilines is 1. The predicted molar refractivity (Wildman–Crippen MR) is 62.7 cm³/mol. The number of aromatic nitrogens is 1. The third kappa shape index (κ3) is 2.51. The van der Waals surface area contributed by atoms with Gasteiger partial charge in [-0.15, -0.1) is 6.42 Å². The minimum atomic E-state index is -0.962. The lowest BCUT2D eigenvalue weighted by Crippen LogP contribution is -2.24. The molecule has 0 aliphatic carbocycles. The summed E-state index contributed by atoms with van der Waals surface area (Å²) in [6, 6.07) is 3.23. The molecule has 16 heavy (non-hydrogen) atoms. The van der Waals surface area contributed by atoms with E-state index in [1.807, 2.05) is 11.8 Å². The molecular weight excluding hydrogens is 204 g/mol. The van der Waals surface area contributed by atoms with Crippen LogP contribution in [0, 0.1) is 19.3 Å². The molecule has 0 amide bonds. The molecule has 0 saturated heterocycles. The van der Waals surface area contributed by atoms with Gasteiger partial charge in [0.05, 0.1) is 17.8 Å². The Labute approximate surface area is 94.9 Å². The molecule has 1 aromatic heterocycles. The Balaban J connectivity index is 3.05. The molecule has 0 unspecified atom stereocenters. The molecule has 0 aliphatic heterocycles. The van der Waals surface area contributed by atoms with E-state index in [4.69, 9.17) is 11.5 Å². The van der Waals surface area contributed by atoms with Gasteiger partial charge in [-0.3, -0.25) is 0 Å². The second-order valence-electron chi connectivity index (χ2n) is 3.33. The Morgan fingerprint density at radius 1 is 1.62 bits per heavy atom. The Bertz CT molecular complexity index is 435. The maximum absolute atomic E-state index is 10.8. The first-order valence-electron chi connectivity index (χ1n) is 4.99. The molecule has 1 N–H and O–H groups in total. The molecule has 1 heterocycles. The first-order chi connectivity index (χ1) is 7.60. The Morgan fingerprint density at radius 2 is 2.31 bits per heavy atom. The Kier molecular flexibility index (Phi) is 3.90. The van der Waals surface area contributed by atoms with Crippen LogP contribution in [0.15, 0.2) is 12.1 Å². The minimum Gasteiger partial charge on any atom is -0.478 e. The summed E-state index contributed by atoms with van der Waals surface area (Å²) in [5, 5.41) is 8.87. The normalized spacial score (nSPS) is 9.56. The molecule has 4 heteroatoms. The number of nitrogens with zero attached hydrogens (tertiary/aromatic N) is 2. The topological polar surface area (TPSA) is 53.4 Å². The van der Waals surface area contributed by atoms with Crippen molar-refractivity contribution >= 4 is 11.8 Å². The van der Waals surface area contributed by atoms with Crippen LogP contribution in [0.2, 0.25) is 0 Å². The molecule has 0 spiro atoms. The van der Waals surface area contributed by atoms with Gasteiger partial charge < -0.3 is 10.0 Å². The minimum absolute atomic E-state index is 0.223. The third-order valence-electron chi connectivity index (χ3n) is 2.29. The van der Waals surface area contributed by atoms with Crippen LogP contribution in [0.3, 0.4) is 0 Å². The highest BCUT2D eigenvalue weighted by molar-refractivity contribution is 5.89. The SMILES string of the molecule is C#CCN(CC)c1ccc(C(=O)O)c(C)n1. The van der Waals surface area contributed by atoms with Gasteiger partial charge in [-0.25, -0.2) is 9.78 Å². The number of aromatic carboxylic acids is 1. The molecular formula is C12H14N2O2. The first-order valence-corrected chi connectivity index (χ1v) is 4.99. The fourth-order valence-corrected chi connectivity index (χ4v) is 1.41. The average Bonchev–Trinajstić information content (AvgIpc) is 2.25. The van der Waals surface area contributed by atoms with Crippen molar-refractivity contribution in [2.24, 2.45) is 0 Å². The largest absolute Gasteiger partial charge is 0.478 e. The van der Waals surface area contributed by atoms with Crippen LogP contribution in [0.5, 0.6) is 0 Å². The summed E-state index contributed by atoms with van der Waals surface area (Å²) in [5.41, 5.74) is 0.723. The number of hydrogen-bond donors (Lipinski definition) is 1. The van der Waals surface area contributed by atoms with Gasteiger partial charge in [-0.2, -0.15) is 0 Å². The lowest BCUT2D eigenvalue weighted by molar-refractivity contribution is 0.0695. The number of pyridine rings is 1. The quantitative estimate of drug-likeness (QED) is 0.779. The highest BCUT2D eigenvalue weighted by atomic mass is 16.4. The van der Waals surface area contributed by atoms with E-state index >= 15 is 0 Å². The zero-order valence-electron chi connectivity index (χ0n) is 9.40. The second kappa shape index (κ2) is 5.17. The van der Waals surface area contributed by atoms with Gasteiger partial charge in [0.15, 0.2) is 0 Å². The Morgan fingerprint density at radius 3 is 2.75 bits per heavy atom. The fraction of sp³-hybridized carbons (Fsp3) is 0.333. The van der Waals surface area contributed by atoms with Crippen molar-refractivity contribution in [2.45, 2.75) is 13.8 Å². The second-order valence-corrected chi connectivity index (χ2v) is 3.33. The smallest absolute Gasteiger partial charge is 0.337 e. The highest BCUT2D eigenvalue weighted by Crippen LogP contribution is 2.14. The summed E-state index contributed by atoms with van der Waals surface area (Å²) in [4.78, 5) is 16.9. The number of carboxylic acid groups (broad SMARTS) is 1. The van der Waals surface area contributed by atoms with Crippen molar-refractivity contribution in [1.82, 2.24) is 4.98 Å². The van der Waals surface area contributed by atoms with E-state index in [9.17, 15) is 4.79 Å². The molecule has 0 fully saturated rings. The molecule has 0 bridgehead atoms. The van der Waals surface area contributed by atoms with Crippen LogP contribution < -0.4 is 4.90 Å². The van der Waals surface area contributed by atoms with E-state index in [0.29, 0.717) is 18.1 Å². The van der Waals surface area contributed by atoms with E-state index in [1.54, 1.807) is 19.1 Å². The van der Waals surface area contributed by atoms with E-state index in [0.717, 1.165) is 6.54 Å². The lowest BCUT2D eigenvalue weighted by Gasteiger charge is -2.19. The molecule has 0 radical (unpaired) electrons. The fourth-order valence-electron chi connectivity index (χ4n) is 1.41. The van der Waals surface area contributed by atoms with E-state index in [1.165, 1.54) is 0 Å². The molecule has 0 atom stereocenters. The Hall–Kier alpha value is -2.02. The highest BCUT2D eigenvalue weighted by Gasteiger charge is 2.11. The molecule has 0 aromatic carbocycles. The van der Waals surface area contributed by atoms with Gasteiger partial charge in [0.25, 0.3) is 0 Å². The van der Waals surface area contributed by atoms with Crippen LogP contribution in [-0.4, -0.2) is 29.1 Å². The van der Waals surface area contributed by atoms with Crippen molar-refractivity contribution in [3.63, 3.8) is 0 Å². The molecule has 4 nitrogen and oxygen atoms in total. The van der Waals surface area contributed by atoms with E-state index in [2.05, 4.69) is 10.9 Å². The van der Waals surface area contributed by atoms with Crippen molar-refractivity contribution in [2.75, 3.05) is 18.0 Å². The van der Waals surface area contributed by atoms with E-state index < -0.39 is 5.97 Å². The standard InChI is InChI=1S/C12H14N2O2/c1-4-8-14(5-2)11-7-6-10(12(15)16)9(3)13-11/h1,6-7H,5,8H2,2-3H3,(H,15,16). The average molecular weight is 218 g/mol. The number of carbonyl (C=O) groups is 1. The summed E-state index contributed by atoms with van der Waals surface area (Å²) in [6.45, 7) is 4.86. The van der Waals surface area contributed by atoms with Gasteiger partial charge in [-0.05, 0) is 26.0 Å². The van der Waals surface area contributed by atoms with Gasteiger partial charge in [0, 0.05) is 6.54 Å². The van der Waals surface area contributed by atoms with Crippen LogP contribution in [0.25, 0.3) is 0 Å². The van der Waals surface area contributed by atoms with Gasteiger partial charge in [-0.1, -0.05) is 5.92 Å². The number of hydrogen-bond acceptors (Lipinski definition) is 3. The van der Waals surface area contributed by atoms with Crippen molar-refractivity contribution in [1.29, 1.82) is 0 Å². The summed E-state index contributed by atoms with van der Waals surface area (Å²) in [7, 11) is 0. The first kappa shape index (κ1) is 12.1. The summed E-state index contributed by atoms with van der Waals surface area (Å²) >= 11 is 0. The summed E-state index contributed by atoms with van der Waals surface area (Å²) in [6.07, 6.45) is 5.24. The van der Waals surface area contributed by atoms with Crippen molar-refractivity contribution in [3.8, 4) is 12.3 Å². The van der Waals surface area contributed by atoms with E-state index in [-0.39, 0.29) is 5.56 Å². The van der Waals surface area contributed by atoms with Crippen molar-refractivity contribution in [3.05, 3.63) is 23.4 Å². The van der Waals surface area contributed by atoms with Gasteiger partial charge >= 0.3 is 5.97 Å². The van der Waals surface area contributed by atoms with Crippen molar-refractivity contribution < 1.29 is 9.90 Å². The number of carboxylic acids is 1. The molecule has 0 saturated carbocycles. The number of terminal acetylenes is 1. The lowest BCUT2D eigenvalue weighted by atomic mass is 10.2.